The second-order valence-corrected chi connectivity index (χ2v) is 8.51. The van der Waals surface area contributed by atoms with E-state index in [2.05, 4.69) is 53.6 Å². The molecule has 6 heteroatoms. The molecule has 0 spiro atoms. The van der Waals surface area contributed by atoms with Crippen LogP contribution in [0.25, 0.3) is 0 Å². The van der Waals surface area contributed by atoms with Gasteiger partial charge in [-0.2, -0.15) is 0 Å². The van der Waals surface area contributed by atoms with Crippen LogP contribution in [-0.4, -0.2) is 56.7 Å². The summed E-state index contributed by atoms with van der Waals surface area (Å²) in [5, 5.41) is 6.93. The molecule has 2 aliphatic heterocycles. The number of hydrogen-bond acceptors (Lipinski definition) is 3. The van der Waals surface area contributed by atoms with Crippen molar-refractivity contribution in [1.29, 1.82) is 0 Å². The van der Waals surface area contributed by atoms with Crippen LogP contribution in [0.5, 0.6) is 0 Å². The molecule has 0 saturated carbocycles. The first kappa shape index (κ1) is 25.4. The summed E-state index contributed by atoms with van der Waals surface area (Å²) in [6.07, 6.45) is 7.68. The molecule has 0 radical (unpaired) electrons. The Kier molecular flexibility index (Phi) is 12.1. The van der Waals surface area contributed by atoms with Gasteiger partial charge in [0, 0.05) is 32.2 Å². The Hall–Kier alpha value is -0.860. The third-order valence-electron chi connectivity index (χ3n) is 6.07. The maximum absolute atomic E-state index is 6.16. The third kappa shape index (κ3) is 8.35. The predicted octanol–water partition coefficient (Wildman–Crippen LogP) is 4.51. The van der Waals surface area contributed by atoms with E-state index in [4.69, 9.17) is 9.73 Å². The fraction of sp³-hybridized carbons (Fsp3) is 0.708. The van der Waals surface area contributed by atoms with Crippen LogP contribution in [0.2, 0.25) is 0 Å². The van der Waals surface area contributed by atoms with E-state index in [1.165, 1.54) is 62.9 Å². The highest BCUT2D eigenvalue weighted by molar-refractivity contribution is 14.0. The average Bonchev–Trinajstić information content (AvgIpc) is 3.26. The van der Waals surface area contributed by atoms with Crippen LogP contribution < -0.4 is 10.6 Å². The van der Waals surface area contributed by atoms with Gasteiger partial charge in [-0.05, 0) is 77.6 Å². The van der Waals surface area contributed by atoms with Crippen LogP contribution in [0.15, 0.2) is 29.3 Å². The smallest absolute Gasteiger partial charge is 0.191 e. The molecule has 0 amide bonds. The van der Waals surface area contributed by atoms with Crippen molar-refractivity contribution in [1.82, 2.24) is 15.5 Å². The number of aryl methyl sites for hydroxylation is 1. The fourth-order valence-corrected chi connectivity index (χ4v) is 4.38. The molecule has 2 unspecified atom stereocenters. The molecule has 1 aromatic carbocycles. The molecule has 0 aromatic heterocycles. The summed E-state index contributed by atoms with van der Waals surface area (Å²) in [6.45, 7) is 11.6. The van der Waals surface area contributed by atoms with E-state index >= 15 is 0 Å². The lowest BCUT2D eigenvalue weighted by Gasteiger charge is -2.31. The second-order valence-electron chi connectivity index (χ2n) is 8.51. The standard InChI is InChI=1S/C24H40N4O.HI/c1-3-25-24(26-14-4-5-15-28-16-6-7-17-28)27-19-22-9-8-18-29-23(22)21-12-10-20(2)11-13-21;/h10-13,22-23H,3-9,14-19H2,1-2H3,(H2,25,26,27);1H. The number of guanidine groups is 1. The number of aliphatic imine (C=N–C) groups is 1. The number of likely N-dealkylation sites (tertiary alicyclic amines) is 1. The molecule has 170 valence electrons. The maximum Gasteiger partial charge on any atom is 0.191 e. The van der Waals surface area contributed by atoms with Crippen molar-refractivity contribution in [3.8, 4) is 0 Å². The molecule has 0 aliphatic carbocycles. The number of nitrogens with zero attached hydrogens (tertiary/aromatic N) is 2. The van der Waals surface area contributed by atoms with Gasteiger partial charge in [0.2, 0.25) is 0 Å². The first-order chi connectivity index (χ1) is 14.3. The quantitative estimate of drug-likeness (QED) is 0.214. The molecule has 1 aromatic rings. The normalized spacial score (nSPS) is 22.5. The number of rotatable bonds is 9. The number of nitrogens with one attached hydrogen (secondary N) is 2. The minimum absolute atomic E-state index is 0. The Balaban J connectivity index is 0.00000320. The van der Waals surface area contributed by atoms with Crippen molar-refractivity contribution in [2.75, 3.05) is 45.9 Å². The van der Waals surface area contributed by atoms with Gasteiger partial charge < -0.3 is 20.3 Å². The molecule has 2 fully saturated rings. The van der Waals surface area contributed by atoms with E-state index < -0.39 is 0 Å². The van der Waals surface area contributed by atoms with Gasteiger partial charge in [0.05, 0.1) is 6.10 Å². The summed E-state index contributed by atoms with van der Waals surface area (Å²) >= 11 is 0. The van der Waals surface area contributed by atoms with E-state index in [-0.39, 0.29) is 30.1 Å². The number of halogens is 1. The van der Waals surface area contributed by atoms with Gasteiger partial charge in [0.1, 0.15) is 0 Å². The first-order valence-electron chi connectivity index (χ1n) is 11.7. The predicted molar refractivity (Wildman–Crippen MR) is 137 cm³/mol. The summed E-state index contributed by atoms with van der Waals surface area (Å²) in [5.41, 5.74) is 2.58. The highest BCUT2D eigenvalue weighted by Crippen LogP contribution is 2.33. The third-order valence-corrected chi connectivity index (χ3v) is 6.07. The lowest BCUT2D eigenvalue weighted by Crippen LogP contribution is -2.38. The van der Waals surface area contributed by atoms with Crippen LogP contribution in [0, 0.1) is 12.8 Å². The van der Waals surface area contributed by atoms with E-state index in [1.54, 1.807) is 0 Å². The highest BCUT2D eigenvalue weighted by atomic mass is 127. The SMILES string of the molecule is CCNC(=NCC1CCCOC1c1ccc(C)cc1)NCCCCN1CCCC1.I. The lowest BCUT2D eigenvalue weighted by atomic mass is 9.89. The van der Waals surface area contributed by atoms with Gasteiger partial charge in [-0.1, -0.05) is 29.8 Å². The fourth-order valence-electron chi connectivity index (χ4n) is 4.38. The van der Waals surface area contributed by atoms with Gasteiger partial charge in [0.25, 0.3) is 0 Å². The van der Waals surface area contributed by atoms with Gasteiger partial charge in [-0.15, -0.1) is 24.0 Å². The van der Waals surface area contributed by atoms with Crippen LogP contribution in [0.4, 0.5) is 0 Å². The molecular weight excluding hydrogens is 487 g/mol. The molecule has 30 heavy (non-hydrogen) atoms. The first-order valence-corrected chi connectivity index (χ1v) is 11.7. The largest absolute Gasteiger partial charge is 0.373 e. The molecular formula is C24H41IN4O. The molecule has 5 nitrogen and oxygen atoms in total. The molecule has 0 bridgehead atoms. The number of hydrogen-bond donors (Lipinski definition) is 2. The van der Waals surface area contributed by atoms with E-state index in [0.29, 0.717) is 5.92 Å². The van der Waals surface area contributed by atoms with Gasteiger partial charge >= 0.3 is 0 Å². The zero-order valence-electron chi connectivity index (χ0n) is 18.9. The molecule has 2 saturated heterocycles. The molecule has 2 atom stereocenters. The Labute approximate surface area is 200 Å². The van der Waals surface area contributed by atoms with Crippen LogP contribution in [0.3, 0.4) is 0 Å². The van der Waals surface area contributed by atoms with Crippen molar-refractivity contribution in [3.05, 3.63) is 35.4 Å². The van der Waals surface area contributed by atoms with Crippen molar-refractivity contribution >= 4 is 29.9 Å². The Morgan fingerprint density at radius 3 is 2.60 bits per heavy atom. The maximum atomic E-state index is 6.16. The van der Waals surface area contributed by atoms with Crippen molar-refractivity contribution in [2.45, 2.75) is 58.5 Å². The molecule has 2 N–H and O–H groups in total. The summed E-state index contributed by atoms with van der Waals surface area (Å²) in [7, 11) is 0. The molecule has 2 heterocycles. The van der Waals surface area contributed by atoms with Crippen LogP contribution in [0.1, 0.15) is 62.7 Å². The zero-order chi connectivity index (χ0) is 20.3. The van der Waals surface area contributed by atoms with Crippen molar-refractivity contribution in [3.63, 3.8) is 0 Å². The van der Waals surface area contributed by atoms with Gasteiger partial charge in [0.15, 0.2) is 5.96 Å². The average molecular weight is 529 g/mol. The van der Waals surface area contributed by atoms with E-state index in [0.717, 1.165) is 38.6 Å². The van der Waals surface area contributed by atoms with E-state index in [9.17, 15) is 0 Å². The minimum atomic E-state index is 0. The number of unbranched alkanes of at least 4 members (excludes halogenated alkanes) is 1. The minimum Gasteiger partial charge on any atom is -0.373 e. The monoisotopic (exact) mass is 528 g/mol. The van der Waals surface area contributed by atoms with Crippen molar-refractivity contribution < 1.29 is 4.74 Å². The lowest BCUT2D eigenvalue weighted by molar-refractivity contribution is -0.0250. The van der Waals surface area contributed by atoms with Crippen LogP contribution in [-0.2, 0) is 4.74 Å². The van der Waals surface area contributed by atoms with E-state index in [1.807, 2.05) is 0 Å². The van der Waals surface area contributed by atoms with Gasteiger partial charge in [-0.3, -0.25) is 4.99 Å². The Bertz CT molecular complexity index is 616. The van der Waals surface area contributed by atoms with Gasteiger partial charge in [-0.25, -0.2) is 0 Å². The molecule has 2 aliphatic rings. The Morgan fingerprint density at radius 1 is 1.10 bits per heavy atom. The van der Waals surface area contributed by atoms with Crippen LogP contribution >= 0.6 is 24.0 Å². The van der Waals surface area contributed by atoms with Crippen molar-refractivity contribution in [2.24, 2.45) is 10.9 Å². The summed E-state index contributed by atoms with van der Waals surface area (Å²) in [5.74, 6) is 1.39. The Morgan fingerprint density at radius 2 is 1.87 bits per heavy atom. The summed E-state index contributed by atoms with van der Waals surface area (Å²) in [4.78, 5) is 7.50. The highest BCUT2D eigenvalue weighted by Gasteiger charge is 2.27. The summed E-state index contributed by atoms with van der Waals surface area (Å²) < 4.78 is 6.16. The molecule has 3 rings (SSSR count). The number of benzene rings is 1. The topological polar surface area (TPSA) is 48.9 Å². The number of ether oxygens (including phenoxy) is 1. The summed E-state index contributed by atoms with van der Waals surface area (Å²) in [6, 6.07) is 8.79. The zero-order valence-corrected chi connectivity index (χ0v) is 21.2. The second kappa shape index (κ2) is 14.2.